The molecule has 116 valence electrons. The van der Waals surface area contributed by atoms with Crippen molar-refractivity contribution in [3.8, 4) is 0 Å². The van der Waals surface area contributed by atoms with Crippen molar-refractivity contribution in [2.45, 2.75) is 25.7 Å². The van der Waals surface area contributed by atoms with Crippen LogP contribution in [0.1, 0.15) is 29.8 Å². The lowest BCUT2D eigenvalue weighted by molar-refractivity contribution is 0.215. The summed E-state index contributed by atoms with van der Waals surface area (Å²) in [7, 11) is 3.46. The molecule has 0 saturated heterocycles. The van der Waals surface area contributed by atoms with Gasteiger partial charge in [-0.1, -0.05) is 17.7 Å². The second-order valence-corrected chi connectivity index (χ2v) is 6.35. The number of carbonyl (C=O) groups is 1. The third-order valence-electron chi connectivity index (χ3n) is 3.80. The Morgan fingerprint density at radius 2 is 2.23 bits per heavy atom. The fourth-order valence-corrected chi connectivity index (χ4v) is 2.61. The zero-order valence-corrected chi connectivity index (χ0v) is 13.5. The van der Waals surface area contributed by atoms with Gasteiger partial charge in [0.15, 0.2) is 0 Å². The van der Waals surface area contributed by atoms with Crippen molar-refractivity contribution in [3.63, 3.8) is 0 Å². The molecule has 0 unspecified atom stereocenters. The highest BCUT2D eigenvalue weighted by molar-refractivity contribution is 6.30. The highest BCUT2D eigenvalue weighted by atomic mass is 35.5. The van der Waals surface area contributed by atoms with Gasteiger partial charge in [-0.25, -0.2) is 9.78 Å². The molecule has 3 rings (SSSR count). The Bertz CT molecular complexity index is 691. The first-order valence-electron chi connectivity index (χ1n) is 7.43. The van der Waals surface area contributed by atoms with Crippen LogP contribution in [0, 0.1) is 5.92 Å². The first-order valence-corrected chi connectivity index (χ1v) is 7.81. The Morgan fingerprint density at radius 3 is 2.86 bits per heavy atom. The molecule has 0 aliphatic heterocycles. The van der Waals surface area contributed by atoms with E-state index in [4.69, 9.17) is 11.6 Å². The van der Waals surface area contributed by atoms with E-state index in [2.05, 4.69) is 10.1 Å². The van der Waals surface area contributed by atoms with E-state index in [9.17, 15) is 4.79 Å². The molecule has 1 amide bonds. The van der Waals surface area contributed by atoms with Gasteiger partial charge in [0.1, 0.15) is 5.15 Å². The Balaban J connectivity index is 1.91. The Morgan fingerprint density at radius 1 is 1.45 bits per heavy atom. The van der Waals surface area contributed by atoms with Gasteiger partial charge >= 0.3 is 6.03 Å². The van der Waals surface area contributed by atoms with Crippen molar-refractivity contribution in [1.29, 1.82) is 0 Å². The van der Waals surface area contributed by atoms with Gasteiger partial charge in [0.2, 0.25) is 0 Å². The molecular weight excluding hydrogens is 300 g/mol. The normalized spacial score (nSPS) is 14.1. The van der Waals surface area contributed by atoms with E-state index in [1.54, 1.807) is 20.3 Å². The second-order valence-electron chi connectivity index (χ2n) is 5.99. The van der Waals surface area contributed by atoms with Crippen molar-refractivity contribution in [1.82, 2.24) is 19.7 Å². The fraction of sp³-hybridized carbons (Fsp3) is 0.438. The van der Waals surface area contributed by atoms with E-state index in [1.165, 1.54) is 22.4 Å². The number of hydrogen-bond acceptors (Lipinski definition) is 3. The third-order valence-corrected chi connectivity index (χ3v) is 4.14. The highest BCUT2D eigenvalue weighted by Gasteiger charge is 2.25. The molecule has 1 aliphatic rings. The number of nitrogens with zero attached hydrogens (tertiary/aromatic N) is 4. The third kappa shape index (κ3) is 3.30. The van der Waals surface area contributed by atoms with Crippen LogP contribution < -0.4 is 0 Å². The minimum atomic E-state index is -0.142. The summed E-state index contributed by atoms with van der Waals surface area (Å²) < 4.78 is 1.49. The van der Waals surface area contributed by atoms with E-state index in [0.29, 0.717) is 11.6 Å². The van der Waals surface area contributed by atoms with Crippen LogP contribution in [0.2, 0.25) is 5.15 Å². The minimum Gasteiger partial charge on any atom is -0.329 e. The maximum Gasteiger partial charge on any atom is 0.344 e. The molecule has 0 atom stereocenters. The van der Waals surface area contributed by atoms with E-state index < -0.39 is 0 Å². The lowest BCUT2D eigenvalue weighted by Gasteiger charge is -2.12. The Kier molecular flexibility index (Phi) is 4.16. The van der Waals surface area contributed by atoms with Crippen LogP contribution in [0.4, 0.5) is 4.79 Å². The smallest absolute Gasteiger partial charge is 0.329 e. The van der Waals surface area contributed by atoms with Gasteiger partial charge < -0.3 is 4.90 Å². The van der Waals surface area contributed by atoms with Crippen molar-refractivity contribution < 1.29 is 4.79 Å². The molecular formula is C16H19ClN4O. The summed E-state index contributed by atoms with van der Waals surface area (Å²) in [5, 5.41) is 4.97. The molecule has 0 radical (unpaired) electrons. The molecule has 2 heterocycles. The van der Waals surface area contributed by atoms with Crippen molar-refractivity contribution >= 4 is 17.6 Å². The average Bonchev–Trinajstić information content (AvgIpc) is 3.20. The number of aromatic nitrogens is 3. The quantitative estimate of drug-likeness (QED) is 0.814. The summed E-state index contributed by atoms with van der Waals surface area (Å²) in [5.41, 5.74) is 2.73. The highest BCUT2D eigenvalue weighted by Crippen LogP contribution is 2.32. The maximum atomic E-state index is 12.3. The molecule has 2 aromatic heterocycles. The summed E-state index contributed by atoms with van der Waals surface area (Å²) in [6.45, 7) is 0. The van der Waals surface area contributed by atoms with Crippen LogP contribution in [0.15, 0.2) is 24.4 Å². The van der Waals surface area contributed by atoms with E-state index in [0.717, 1.165) is 29.3 Å². The zero-order valence-electron chi connectivity index (χ0n) is 12.8. The number of rotatable bonds is 4. The Labute approximate surface area is 134 Å². The van der Waals surface area contributed by atoms with Gasteiger partial charge in [-0.05, 0) is 42.9 Å². The molecule has 0 spiro atoms. The summed E-state index contributed by atoms with van der Waals surface area (Å²) >= 11 is 6.13. The van der Waals surface area contributed by atoms with E-state index >= 15 is 0 Å². The predicted octanol–water partition coefficient (Wildman–Crippen LogP) is 3.00. The summed E-state index contributed by atoms with van der Waals surface area (Å²) in [6.07, 6.45) is 5.68. The second kappa shape index (κ2) is 6.08. The SMILES string of the molecule is CN(C)C(=O)n1nc(CC2CC2)cc1Cc1cccnc1Cl. The minimum absolute atomic E-state index is 0.142. The lowest BCUT2D eigenvalue weighted by atomic mass is 10.1. The number of amides is 1. The van der Waals surface area contributed by atoms with E-state index in [1.807, 2.05) is 18.2 Å². The number of carbonyl (C=O) groups excluding carboxylic acids is 1. The summed E-state index contributed by atoms with van der Waals surface area (Å²) in [6, 6.07) is 5.65. The van der Waals surface area contributed by atoms with Crippen molar-refractivity contribution in [3.05, 3.63) is 46.5 Å². The molecule has 1 saturated carbocycles. The Hall–Kier alpha value is -1.88. The standard InChI is InChI=1S/C16H19ClN4O/c1-20(2)16(22)21-14(9-12-4-3-7-18-15(12)17)10-13(19-21)8-11-5-6-11/h3-4,7,10-11H,5-6,8-9H2,1-2H3. The number of pyridine rings is 1. The molecule has 0 bridgehead atoms. The van der Waals surface area contributed by atoms with Crippen LogP contribution in [-0.2, 0) is 12.8 Å². The lowest BCUT2D eigenvalue weighted by Crippen LogP contribution is -2.29. The van der Waals surface area contributed by atoms with Gasteiger partial charge in [-0.2, -0.15) is 9.78 Å². The van der Waals surface area contributed by atoms with Crippen LogP contribution in [0.5, 0.6) is 0 Å². The molecule has 1 fully saturated rings. The van der Waals surface area contributed by atoms with Crippen molar-refractivity contribution in [2.24, 2.45) is 5.92 Å². The average molecular weight is 319 g/mol. The first-order chi connectivity index (χ1) is 10.5. The fourth-order valence-electron chi connectivity index (χ4n) is 2.42. The largest absolute Gasteiger partial charge is 0.344 e. The van der Waals surface area contributed by atoms with Crippen molar-refractivity contribution in [2.75, 3.05) is 14.1 Å². The molecule has 1 aliphatic carbocycles. The van der Waals surface area contributed by atoms with Crippen LogP contribution in [0.3, 0.4) is 0 Å². The summed E-state index contributed by atoms with van der Waals surface area (Å²) in [5.74, 6) is 0.729. The zero-order chi connectivity index (χ0) is 15.7. The van der Waals surface area contributed by atoms with Gasteiger partial charge in [-0.3, -0.25) is 0 Å². The predicted molar refractivity (Wildman–Crippen MR) is 85.2 cm³/mol. The first kappa shape index (κ1) is 15.0. The van der Waals surface area contributed by atoms with Gasteiger partial charge in [0.05, 0.1) is 11.4 Å². The summed E-state index contributed by atoms with van der Waals surface area (Å²) in [4.78, 5) is 18.0. The maximum absolute atomic E-state index is 12.3. The van der Waals surface area contributed by atoms with Gasteiger partial charge in [0.25, 0.3) is 0 Å². The molecule has 6 heteroatoms. The van der Waals surface area contributed by atoms with Gasteiger partial charge in [-0.15, -0.1) is 0 Å². The molecule has 2 aromatic rings. The monoisotopic (exact) mass is 318 g/mol. The molecule has 22 heavy (non-hydrogen) atoms. The van der Waals surface area contributed by atoms with Crippen LogP contribution in [0.25, 0.3) is 0 Å². The van der Waals surface area contributed by atoms with Gasteiger partial charge in [0, 0.05) is 26.7 Å². The topological polar surface area (TPSA) is 51.0 Å². The molecule has 0 N–H and O–H groups in total. The van der Waals surface area contributed by atoms with E-state index in [-0.39, 0.29) is 6.03 Å². The molecule has 0 aromatic carbocycles. The van der Waals surface area contributed by atoms with Crippen LogP contribution in [-0.4, -0.2) is 39.8 Å². The molecule has 5 nitrogen and oxygen atoms in total. The number of hydrogen-bond donors (Lipinski definition) is 0. The number of halogens is 1. The van der Waals surface area contributed by atoms with Crippen LogP contribution >= 0.6 is 11.6 Å².